The van der Waals surface area contributed by atoms with Crippen LogP contribution in [0.4, 0.5) is 0 Å². The first-order valence-corrected chi connectivity index (χ1v) is 26.8. The molecule has 0 atom stereocenters. The standard InChI is InChI=1S/2C12H17N.C11H16N2.3C10H15N/c1-12(2,3)10-6-7-11(13-8-10)9-4-5-9;1-12(2,3)11-7-6-10(8-13-11)9-4-5-9;1-11(2,3)10-7-12-9(6-13-10)8-4-5-8;1-8-5-6-9(7-11-8)10(2,3)4;1-8-5-6-9(11-7-8)10(2,3)4;1-8-6-5-7-9(11-8)10(2,3)4/h2*6-9H,4-5H2,1-3H3;6-8H,4-5H2,1-3H3;3*5-7H,1-4H3. The molecule has 72 heavy (non-hydrogen) atoms. The van der Waals surface area contributed by atoms with Crippen LogP contribution in [0.3, 0.4) is 0 Å². The van der Waals surface area contributed by atoms with Crippen LogP contribution in [0.1, 0.15) is 249 Å². The molecular formula is C65H95N7. The molecule has 9 rings (SSSR count). The molecule has 7 heteroatoms. The number of nitrogens with zero attached hydrogens (tertiary/aromatic N) is 7. The highest BCUT2D eigenvalue weighted by Gasteiger charge is 2.27. The van der Waals surface area contributed by atoms with Gasteiger partial charge in [-0.05, 0) is 135 Å². The molecule has 0 aliphatic heterocycles. The normalized spacial score (nSPS) is 14.8. The van der Waals surface area contributed by atoms with Crippen molar-refractivity contribution in [2.24, 2.45) is 0 Å². The fourth-order valence-corrected chi connectivity index (χ4v) is 7.08. The molecule has 390 valence electrons. The maximum Gasteiger partial charge on any atom is 0.0640 e. The highest BCUT2D eigenvalue weighted by molar-refractivity contribution is 5.26. The fraction of sp³-hybridized carbons (Fsp3) is 0.554. The second kappa shape index (κ2) is 24.7. The largest absolute Gasteiger partial charge is 0.261 e. The molecule has 0 unspecified atom stereocenters. The van der Waals surface area contributed by atoms with Gasteiger partial charge in [-0.25, -0.2) is 0 Å². The molecule has 3 saturated carbocycles. The van der Waals surface area contributed by atoms with Crippen molar-refractivity contribution in [2.45, 2.75) is 234 Å². The average molecular weight is 975 g/mol. The molecule has 6 heterocycles. The molecule has 6 aromatic rings. The van der Waals surface area contributed by atoms with Crippen molar-refractivity contribution in [2.75, 3.05) is 0 Å². The zero-order chi connectivity index (χ0) is 53.9. The Balaban J connectivity index is 0.000000188. The summed E-state index contributed by atoms with van der Waals surface area (Å²) in [5.41, 5.74) is 15.6. The van der Waals surface area contributed by atoms with Gasteiger partial charge in [0.05, 0.1) is 11.4 Å². The summed E-state index contributed by atoms with van der Waals surface area (Å²) in [4.78, 5) is 31.0. The molecular weight excluding hydrogens is 879 g/mol. The molecule has 0 bridgehead atoms. The van der Waals surface area contributed by atoms with E-state index in [0.29, 0.717) is 5.92 Å². The smallest absolute Gasteiger partial charge is 0.0640 e. The van der Waals surface area contributed by atoms with Gasteiger partial charge in [0.1, 0.15) is 0 Å². The number of pyridine rings is 5. The van der Waals surface area contributed by atoms with E-state index in [0.717, 1.165) is 40.3 Å². The highest BCUT2D eigenvalue weighted by atomic mass is 14.8. The topological polar surface area (TPSA) is 90.2 Å². The van der Waals surface area contributed by atoms with Gasteiger partial charge in [-0.15, -0.1) is 0 Å². The van der Waals surface area contributed by atoms with Crippen molar-refractivity contribution < 1.29 is 0 Å². The molecule has 0 spiro atoms. The lowest BCUT2D eigenvalue weighted by Gasteiger charge is -2.18. The summed E-state index contributed by atoms with van der Waals surface area (Å²) in [5, 5.41) is 0. The average Bonchev–Trinajstić information content (AvgIpc) is 4.11. The predicted molar refractivity (Wildman–Crippen MR) is 306 cm³/mol. The first kappa shape index (κ1) is 59.4. The van der Waals surface area contributed by atoms with Gasteiger partial charge in [0, 0.05) is 105 Å². The fourth-order valence-electron chi connectivity index (χ4n) is 7.08. The van der Waals surface area contributed by atoms with Gasteiger partial charge in [-0.1, -0.05) is 155 Å². The Kier molecular flexibility index (Phi) is 20.4. The summed E-state index contributed by atoms with van der Waals surface area (Å²) in [6.45, 7) is 45.5. The van der Waals surface area contributed by atoms with E-state index in [2.05, 4.69) is 233 Å². The van der Waals surface area contributed by atoms with Crippen LogP contribution in [0, 0.1) is 20.8 Å². The van der Waals surface area contributed by atoms with Crippen LogP contribution in [0.25, 0.3) is 0 Å². The van der Waals surface area contributed by atoms with E-state index >= 15 is 0 Å². The maximum absolute atomic E-state index is 4.51. The van der Waals surface area contributed by atoms with Gasteiger partial charge in [0.15, 0.2) is 0 Å². The molecule has 3 aliphatic carbocycles. The number of aromatic nitrogens is 7. The lowest BCUT2D eigenvalue weighted by atomic mass is 9.88. The van der Waals surface area contributed by atoms with E-state index in [4.69, 9.17) is 0 Å². The summed E-state index contributed by atoms with van der Waals surface area (Å²) in [5.74, 6) is 2.30. The van der Waals surface area contributed by atoms with E-state index in [9.17, 15) is 0 Å². The van der Waals surface area contributed by atoms with Crippen LogP contribution in [0.15, 0.2) is 104 Å². The molecule has 0 amide bonds. The van der Waals surface area contributed by atoms with E-state index in [1.165, 1.54) is 77.9 Å². The van der Waals surface area contributed by atoms with Gasteiger partial charge in [-0.2, -0.15) is 0 Å². The maximum atomic E-state index is 4.51. The first-order valence-electron chi connectivity index (χ1n) is 26.8. The Morgan fingerprint density at radius 3 is 1.12 bits per heavy atom. The number of hydrogen-bond donors (Lipinski definition) is 0. The molecule has 0 radical (unpaired) electrons. The SMILES string of the molecule is CC(C)(C)c1ccc(C2CC2)cn1.CC(C)(C)c1ccc(C2CC2)nc1.CC(C)(C)c1cnc(C2CC2)cn1.Cc1ccc(C(C)(C)C)cn1.Cc1ccc(C(C)(C)C)nc1.Cc1cccc(C(C)(C)C)n1. The molecule has 7 nitrogen and oxygen atoms in total. The lowest BCUT2D eigenvalue weighted by Crippen LogP contribution is -2.14. The van der Waals surface area contributed by atoms with Crippen molar-refractivity contribution in [1.29, 1.82) is 0 Å². The van der Waals surface area contributed by atoms with Crippen molar-refractivity contribution in [3.8, 4) is 0 Å². The monoisotopic (exact) mass is 974 g/mol. The third-order valence-corrected chi connectivity index (χ3v) is 12.8. The second-order valence-electron chi connectivity index (χ2n) is 26.7. The predicted octanol–water partition coefficient (Wildman–Crippen LogP) is 17.2. The zero-order valence-corrected chi connectivity index (χ0v) is 48.9. The second-order valence-corrected chi connectivity index (χ2v) is 26.7. The van der Waals surface area contributed by atoms with E-state index in [-0.39, 0.29) is 32.5 Å². The summed E-state index contributed by atoms with van der Waals surface area (Å²) < 4.78 is 0. The molecule has 6 aromatic heterocycles. The van der Waals surface area contributed by atoms with Crippen LogP contribution in [-0.4, -0.2) is 34.9 Å². The summed E-state index contributed by atoms with van der Waals surface area (Å²) in [6, 6.07) is 23.4. The molecule has 0 aromatic carbocycles. The quantitative estimate of drug-likeness (QED) is 0.174. The van der Waals surface area contributed by atoms with Crippen molar-refractivity contribution >= 4 is 0 Å². The molecule has 3 fully saturated rings. The van der Waals surface area contributed by atoms with E-state index in [1.807, 2.05) is 50.9 Å². The Morgan fingerprint density at radius 1 is 0.319 bits per heavy atom. The van der Waals surface area contributed by atoms with Crippen molar-refractivity contribution in [1.82, 2.24) is 34.9 Å². The Hall–Kier alpha value is -5.17. The Morgan fingerprint density at radius 2 is 0.778 bits per heavy atom. The van der Waals surface area contributed by atoms with Crippen LogP contribution in [0.2, 0.25) is 0 Å². The van der Waals surface area contributed by atoms with Gasteiger partial charge in [0.2, 0.25) is 0 Å². The van der Waals surface area contributed by atoms with E-state index < -0.39 is 0 Å². The summed E-state index contributed by atoms with van der Waals surface area (Å²) >= 11 is 0. The first-order chi connectivity index (χ1) is 33.2. The minimum absolute atomic E-state index is 0.120. The van der Waals surface area contributed by atoms with Crippen molar-refractivity contribution in [3.05, 3.63) is 172 Å². The molecule has 0 saturated heterocycles. The number of hydrogen-bond acceptors (Lipinski definition) is 7. The van der Waals surface area contributed by atoms with Gasteiger partial charge in [0.25, 0.3) is 0 Å². The van der Waals surface area contributed by atoms with Crippen LogP contribution in [0.5, 0.6) is 0 Å². The summed E-state index contributed by atoms with van der Waals surface area (Å²) in [6.07, 6.45) is 19.8. The highest BCUT2D eigenvalue weighted by Crippen LogP contribution is 2.41. The Bertz CT molecular complexity index is 2290. The third-order valence-electron chi connectivity index (χ3n) is 12.8. The minimum Gasteiger partial charge on any atom is -0.261 e. The molecule has 0 N–H and O–H groups in total. The zero-order valence-electron chi connectivity index (χ0n) is 48.9. The Labute approximate surface area is 438 Å². The number of aryl methyl sites for hydroxylation is 3. The number of rotatable bonds is 3. The van der Waals surface area contributed by atoms with E-state index in [1.54, 1.807) is 0 Å². The molecule has 3 aliphatic rings. The van der Waals surface area contributed by atoms with Gasteiger partial charge >= 0.3 is 0 Å². The van der Waals surface area contributed by atoms with Crippen molar-refractivity contribution in [3.63, 3.8) is 0 Å². The van der Waals surface area contributed by atoms with Gasteiger partial charge in [-0.3, -0.25) is 34.9 Å². The minimum atomic E-state index is 0.120. The summed E-state index contributed by atoms with van der Waals surface area (Å²) in [7, 11) is 0. The van der Waals surface area contributed by atoms with Crippen LogP contribution < -0.4 is 0 Å². The van der Waals surface area contributed by atoms with Gasteiger partial charge < -0.3 is 0 Å². The van der Waals surface area contributed by atoms with Crippen LogP contribution >= 0.6 is 0 Å². The van der Waals surface area contributed by atoms with Crippen LogP contribution in [-0.2, 0) is 32.5 Å². The lowest BCUT2D eigenvalue weighted by molar-refractivity contribution is 0.564. The third kappa shape index (κ3) is 21.1.